The van der Waals surface area contributed by atoms with E-state index >= 15 is 0 Å². The molecule has 0 aliphatic rings. The molecule has 2 aromatic carbocycles. The minimum Gasteiger partial charge on any atom is -0.369 e. The van der Waals surface area contributed by atoms with Gasteiger partial charge in [-0.15, -0.1) is 23.2 Å². The number of amides is 2. The number of fused-ring (bicyclic) bond motifs is 1. The van der Waals surface area contributed by atoms with Crippen LogP contribution in [0.2, 0.25) is 0 Å². The SMILES string of the molecule is Cc1cc(-c2cc(NC(=O)NN)ccc2N(CCCl)CCCl)c2cc(F)ccc2n1. The molecule has 0 fully saturated rings. The summed E-state index contributed by atoms with van der Waals surface area (Å²) in [6.07, 6.45) is 0. The Balaban J connectivity index is 2.27. The number of nitrogens with zero attached hydrogens (tertiary/aromatic N) is 2. The van der Waals surface area contributed by atoms with Crippen molar-refractivity contribution in [3.63, 3.8) is 0 Å². The number of halogens is 3. The molecule has 1 heterocycles. The Morgan fingerprint density at radius 3 is 2.50 bits per heavy atom. The number of nitrogens with two attached hydrogens (primary N) is 1. The van der Waals surface area contributed by atoms with Crippen LogP contribution in [-0.2, 0) is 0 Å². The third-order valence-electron chi connectivity index (χ3n) is 4.62. The van der Waals surface area contributed by atoms with E-state index in [1.165, 1.54) is 12.1 Å². The van der Waals surface area contributed by atoms with E-state index in [2.05, 4.69) is 15.2 Å². The molecule has 3 aromatic rings. The van der Waals surface area contributed by atoms with Crippen molar-refractivity contribution in [1.82, 2.24) is 10.4 Å². The Morgan fingerprint density at radius 1 is 1.10 bits per heavy atom. The topological polar surface area (TPSA) is 83.3 Å². The number of hydrazine groups is 1. The molecule has 4 N–H and O–H groups in total. The predicted octanol–water partition coefficient (Wildman–Crippen LogP) is 4.63. The lowest BCUT2D eigenvalue weighted by molar-refractivity contribution is 0.252. The standard InChI is InChI=1S/C21H22Cl2FN5O/c1-13-10-16(17-11-14(24)2-4-19(17)26-13)18-12-15(27-21(30)28-25)3-5-20(18)29(8-6-22)9-7-23/h2-5,10-12H,6-9,25H2,1H3,(H2,27,28,30). The lowest BCUT2D eigenvalue weighted by atomic mass is 9.97. The van der Waals surface area contributed by atoms with Crippen LogP contribution in [0.15, 0.2) is 42.5 Å². The highest BCUT2D eigenvalue weighted by atomic mass is 35.5. The number of pyridine rings is 1. The van der Waals surface area contributed by atoms with Crippen LogP contribution in [0.5, 0.6) is 0 Å². The van der Waals surface area contributed by atoms with Gasteiger partial charge in [0.05, 0.1) is 5.52 Å². The van der Waals surface area contributed by atoms with Gasteiger partial charge in [-0.25, -0.2) is 15.0 Å². The molecule has 0 bridgehead atoms. The van der Waals surface area contributed by atoms with Crippen LogP contribution < -0.4 is 21.5 Å². The van der Waals surface area contributed by atoms with E-state index in [4.69, 9.17) is 29.0 Å². The molecule has 158 valence electrons. The van der Waals surface area contributed by atoms with Gasteiger partial charge in [0.25, 0.3) is 0 Å². The van der Waals surface area contributed by atoms with Gasteiger partial charge < -0.3 is 10.2 Å². The summed E-state index contributed by atoms with van der Waals surface area (Å²) in [6, 6.07) is 11.3. The number of anilines is 2. The third kappa shape index (κ3) is 4.92. The van der Waals surface area contributed by atoms with Crippen molar-refractivity contribution >= 4 is 51.5 Å². The highest BCUT2D eigenvalue weighted by Gasteiger charge is 2.17. The summed E-state index contributed by atoms with van der Waals surface area (Å²) in [6.45, 7) is 3.03. The first-order valence-electron chi connectivity index (χ1n) is 9.32. The molecular weight excluding hydrogens is 428 g/mol. The fourth-order valence-electron chi connectivity index (χ4n) is 3.38. The summed E-state index contributed by atoms with van der Waals surface area (Å²) in [4.78, 5) is 18.3. The van der Waals surface area contributed by atoms with Gasteiger partial charge in [0.15, 0.2) is 0 Å². The Bertz CT molecular complexity index is 1060. The number of hydrogen-bond donors (Lipinski definition) is 3. The van der Waals surface area contributed by atoms with Gasteiger partial charge >= 0.3 is 6.03 Å². The van der Waals surface area contributed by atoms with E-state index in [1.54, 1.807) is 12.1 Å². The highest BCUT2D eigenvalue weighted by molar-refractivity contribution is 6.18. The Morgan fingerprint density at radius 2 is 1.83 bits per heavy atom. The monoisotopic (exact) mass is 449 g/mol. The normalized spacial score (nSPS) is 10.8. The van der Waals surface area contributed by atoms with E-state index in [1.807, 2.05) is 30.5 Å². The van der Waals surface area contributed by atoms with Gasteiger partial charge in [0.1, 0.15) is 5.82 Å². The first-order valence-corrected chi connectivity index (χ1v) is 10.4. The minimum absolute atomic E-state index is 0.355. The number of rotatable bonds is 7. The molecule has 3 rings (SSSR count). The van der Waals surface area contributed by atoms with E-state index in [0.717, 1.165) is 22.5 Å². The van der Waals surface area contributed by atoms with Gasteiger partial charge in [-0.2, -0.15) is 0 Å². The maximum Gasteiger partial charge on any atom is 0.333 e. The van der Waals surface area contributed by atoms with Crippen LogP contribution in [0.1, 0.15) is 5.69 Å². The molecule has 0 unspecified atom stereocenters. The van der Waals surface area contributed by atoms with Crippen LogP contribution in [0, 0.1) is 12.7 Å². The second kappa shape index (κ2) is 9.93. The largest absolute Gasteiger partial charge is 0.369 e. The predicted molar refractivity (Wildman–Crippen MR) is 122 cm³/mol. The molecule has 0 atom stereocenters. The zero-order valence-electron chi connectivity index (χ0n) is 16.4. The number of aryl methyl sites for hydroxylation is 1. The number of carbonyl (C=O) groups excluding carboxylic acids is 1. The van der Waals surface area contributed by atoms with Gasteiger partial charge in [0.2, 0.25) is 0 Å². The van der Waals surface area contributed by atoms with Gasteiger partial charge in [-0.3, -0.25) is 10.4 Å². The molecule has 30 heavy (non-hydrogen) atoms. The molecule has 0 radical (unpaired) electrons. The quantitative estimate of drug-likeness (QED) is 0.212. The molecule has 2 amide bonds. The molecular formula is C21H22Cl2FN5O. The van der Waals surface area contributed by atoms with Gasteiger partial charge in [-0.05, 0) is 55.0 Å². The van der Waals surface area contributed by atoms with Crippen LogP contribution in [0.3, 0.4) is 0 Å². The lowest BCUT2D eigenvalue weighted by Crippen LogP contribution is -2.34. The molecule has 0 spiro atoms. The Kier molecular flexibility index (Phi) is 7.31. The maximum absolute atomic E-state index is 14.1. The average molecular weight is 450 g/mol. The van der Waals surface area contributed by atoms with Crippen LogP contribution >= 0.6 is 23.2 Å². The summed E-state index contributed by atoms with van der Waals surface area (Å²) in [5.74, 6) is 5.66. The average Bonchev–Trinajstić information content (AvgIpc) is 2.73. The number of benzene rings is 2. The highest BCUT2D eigenvalue weighted by Crippen LogP contribution is 2.38. The fraction of sp³-hybridized carbons (Fsp3) is 0.238. The molecule has 0 saturated carbocycles. The van der Waals surface area contributed by atoms with E-state index < -0.39 is 6.03 Å². The van der Waals surface area contributed by atoms with E-state index in [-0.39, 0.29) is 5.82 Å². The minimum atomic E-state index is -0.547. The molecule has 9 heteroatoms. The molecule has 1 aromatic heterocycles. The number of nitrogens with one attached hydrogen (secondary N) is 2. The number of carbonyl (C=O) groups is 1. The third-order valence-corrected chi connectivity index (χ3v) is 4.96. The summed E-state index contributed by atoms with van der Waals surface area (Å²) < 4.78 is 14.1. The van der Waals surface area contributed by atoms with Crippen molar-refractivity contribution in [1.29, 1.82) is 0 Å². The second-order valence-electron chi connectivity index (χ2n) is 6.67. The first kappa shape index (κ1) is 22.1. The summed E-state index contributed by atoms with van der Waals surface area (Å²) in [5.41, 5.74) is 6.49. The van der Waals surface area contributed by atoms with Crippen molar-refractivity contribution in [2.75, 3.05) is 35.1 Å². The number of urea groups is 1. The summed E-state index contributed by atoms with van der Waals surface area (Å²) >= 11 is 12.0. The van der Waals surface area contributed by atoms with Crippen molar-refractivity contribution in [2.24, 2.45) is 5.84 Å². The van der Waals surface area contributed by atoms with E-state index in [0.29, 0.717) is 41.4 Å². The molecule has 0 aliphatic carbocycles. The van der Waals surface area contributed by atoms with Crippen molar-refractivity contribution in [3.05, 3.63) is 54.0 Å². The van der Waals surface area contributed by atoms with Crippen LogP contribution in [0.25, 0.3) is 22.0 Å². The zero-order valence-corrected chi connectivity index (χ0v) is 17.9. The molecule has 0 aliphatic heterocycles. The van der Waals surface area contributed by atoms with Crippen molar-refractivity contribution in [2.45, 2.75) is 6.92 Å². The van der Waals surface area contributed by atoms with Crippen molar-refractivity contribution in [3.8, 4) is 11.1 Å². The lowest BCUT2D eigenvalue weighted by Gasteiger charge is -2.27. The Labute approximate surface area is 184 Å². The summed E-state index contributed by atoms with van der Waals surface area (Å²) in [7, 11) is 0. The number of alkyl halides is 2. The van der Waals surface area contributed by atoms with Crippen molar-refractivity contribution < 1.29 is 9.18 Å². The summed E-state index contributed by atoms with van der Waals surface area (Å²) in [5, 5.41) is 3.34. The van der Waals surface area contributed by atoms with Gasteiger partial charge in [0, 0.05) is 52.9 Å². The zero-order chi connectivity index (χ0) is 21.7. The number of aromatic nitrogens is 1. The first-order chi connectivity index (χ1) is 14.5. The van der Waals surface area contributed by atoms with E-state index in [9.17, 15) is 9.18 Å². The van der Waals surface area contributed by atoms with Gasteiger partial charge in [-0.1, -0.05) is 0 Å². The second-order valence-corrected chi connectivity index (χ2v) is 7.42. The number of hydrogen-bond acceptors (Lipinski definition) is 4. The Hall–Kier alpha value is -2.61. The maximum atomic E-state index is 14.1. The molecule has 6 nitrogen and oxygen atoms in total. The molecule has 0 saturated heterocycles. The van der Waals surface area contributed by atoms with Crippen LogP contribution in [-0.4, -0.2) is 35.9 Å². The fourth-order valence-corrected chi connectivity index (χ4v) is 3.79. The van der Waals surface area contributed by atoms with Crippen LogP contribution in [0.4, 0.5) is 20.6 Å². The smallest absolute Gasteiger partial charge is 0.333 e.